The lowest BCUT2D eigenvalue weighted by molar-refractivity contribution is -0.0266. The molecule has 5 heteroatoms. The Morgan fingerprint density at radius 3 is 1.61 bits per heavy atom. The van der Waals surface area contributed by atoms with E-state index in [4.69, 9.17) is 9.47 Å². The third-order valence-corrected chi connectivity index (χ3v) is 6.11. The van der Waals surface area contributed by atoms with Crippen LogP contribution < -0.4 is 0 Å². The number of azide groups is 1. The van der Waals surface area contributed by atoms with Crippen LogP contribution >= 0.6 is 0 Å². The topological polar surface area (TPSA) is 67.2 Å². The van der Waals surface area contributed by atoms with Crippen molar-refractivity contribution in [1.29, 1.82) is 0 Å². The first-order chi connectivity index (χ1) is 17.8. The molecule has 0 saturated carbocycles. The van der Waals surface area contributed by atoms with Gasteiger partial charge in [0.25, 0.3) is 0 Å². The minimum absolute atomic E-state index is 0.119. The summed E-state index contributed by atoms with van der Waals surface area (Å²) in [6.07, 6.45) is 1.14. The molecule has 0 fully saturated rings. The zero-order chi connectivity index (χ0) is 25.1. The molecule has 0 radical (unpaired) electrons. The van der Waals surface area contributed by atoms with Gasteiger partial charge in [-0.25, -0.2) is 0 Å². The number of benzene rings is 4. The highest BCUT2D eigenvalue weighted by atomic mass is 16.5. The Hall–Kier alpha value is -4.15. The largest absolute Gasteiger partial charge is 0.369 e. The Kier molecular flexibility index (Phi) is 8.68. The van der Waals surface area contributed by atoms with Crippen LogP contribution in [0.25, 0.3) is 10.4 Å². The van der Waals surface area contributed by atoms with Gasteiger partial charge in [0, 0.05) is 4.91 Å². The van der Waals surface area contributed by atoms with Crippen LogP contribution in [0.1, 0.15) is 22.3 Å². The maximum Gasteiger partial charge on any atom is 0.143 e. The Morgan fingerprint density at radius 2 is 1.19 bits per heavy atom. The molecule has 4 aromatic rings. The van der Waals surface area contributed by atoms with E-state index in [0.717, 1.165) is 22.3 Å². The molecule has 0 aromatic heterocycles. The van der Waals surface area contributed by atoms with Crippen molar-refractivity contribution in [3.63, 3.8) is 0 Å². The minimum atomic E-state index is -0.918. The fourth-order valence-electron chi connectivity index (χ4n) is 4.34. The van der Waals surface area contributed by atoms with Crippen LogP contribution in [-0.4, -0.2) is 18.8 Å². The van der Waals surface area contributed by atoms with E-state index in [2.05, 4.69) is 53.0 Å². The normalized spacial score (nSPS) is 12.8. The quantitative estimate of drug-likeness (QED) is 0.0702. The van der Waals surface area contributed by atoms with Crippen molar-refractivity contribution in [2.75, 3.05) is 6.61 Å². The van der Waals surface area contributed by atoms with Gasteiger partial charge in [-0.05, 0) is 27.8 Å². The second-order valence-corrected chi connectivity index (χ2v) is 8.36. The fraction of sp³-hybridized carbons (Fsp3) is 0.161. The molecule has 0 aliphatic heterocycles. The Labute approximate surface area is 212 Å². The van der Waals surface area contributed by atoms with E-state index in [1.165, 1.54) is 0 Å². The van der Waals surface area contributed by atoms with E-state index in [1.807, 2.05) is 84.9 Å². The first-order valence-electron chi connectivity index (χ1n) is 11.9. The van der Waals surface area contributed by atoms with E-state index < -0.39 is 17.7 Å². The molecule has 0 amide bonds. The molecule has 0 unspecified atom stereocenters. The molecule has 2 atom stereocenters. The Bertz CT molecular complexity index is 1160. The molecule has 4 rings (SSSR count). The van der Waals surface area contributed by atoms with E-state index in [9.17, 15) is 5.53 Å². The second kappa shape index (κ2) is 12.5. The van der Waals surface area contributed by atoms with Crippen molar-refractivity contribution < 1.29 is 9.47 Å². The van der Waals surface area contributed by atoms with Crippen LogP contribution in [0, 0.1) is 0 Å². The molecule has 4 aromatic carbocycles. The lowest BCUT2D eigenvalue weighted by Crippen LogP contribution is -2.38. The van der Waals surface area contributed by atoms with Crippen molar-refractivity contribution in [3.05, 3.63) is 167 Å². The van der Waals surface area contributed by atoms with Gasteiger partial charge in [0.2, 0.25) is 0 Å². The Morgan fingerprint density at radius 1 is 0.750 bits per heavy atom. The van der Waals surface area contributed by atoms with Gasteiger partial charge in [-0.1, -0.05) is 133 Å². The summed E-state index contributed by atoms with van der Waals surface area (Å²) in [7, 11) is 0. The van der Waals surface area contributed by atoms with Crippen LogP contribution in [0.15, 0.2) is 139 Å². The van der Waals surface area contributed by atoms with Gasteiger partial charge < -0.3 is 9.47 Å². The zero-order valence-corrected chi connectivity index (χ0v) is 20.1. The average Bonchev–Trinajstić information content (AvgIpc) is 2.96. The first kappa shape index (κ1) is 25.0. The summed E-state index contributed by atoms with van der Waals surface area (Å²) in [5, 5.41) is 4.05. The monoisotopic (exact) mass is 475 g/mol. The highest BCUT2D eigenvalue weighted by Crippen LogP contribution is 2.40. The predicted octanol–water partition coefficient (Wildman–Crippen LogP) is 7.45. The highest BCUT2D eigenvalue weighted by Gasteiger charge is 2.38. The second-order valence-electron chi connectivity index (χ2n) is 8.36. The molecule has 0 heterocycles. The van der Waals surface area contributed by atoms with E-state index in [1.54, 1.807) is 6.08 Å². The van der Waals surface area contributed by atoms with E-state index in [0.29, 0.717) is 6.61 Å². The lowest BCUT2D eigenvalue weighted by Gasteiger charge is -2.37. The van der Waals surface area contributed by atoms with Crippen LogP contribution in [0.2, 0.25) is 0 Å². The maximum absolute atomic E-state index is 9.36. The summed E-state index contributed by atoms with van der Waals surface area (Å²) in [6, 6.07) is 39.5. The summed E-state index contributed by atoms with van der Waals surface area (Å²) in [5.41, 5.74) is 12.4. The van der Waals surface area contributed by atoms with Gasteiger partial charge >= 0.3 is 0 Å². The van der Waals surface area contributed by atoms with Crippen molar-refractivity contribution in [2.45, 2.75) is 24.4 Å². The third kappa shape index (κ3) is 5.73. The van der Waals surface area contributed by atoms with Crippen molar-refractivity contribution in [2.24, 2.45) is 5.11 Å². The van der Waals surface area contributed by atoms with E-state index in [-0.39, 0.29) is 6.61 Å². The Balaban J connectivity index is 1.70. The fourth-order valence-corrected chi connectivity index (χ4v) is 4.34. The molecule has 0 aliphatic rings. The van der Waals surface area contributed by atoms with Gasteiger partial charge in [0.15, 0.2) is 0 Å². The molecule has 0 N–H and O–H groups in total. The van der Waals surface area contributed by atoms with Crippen LogP contribution in [-0.2, 0) is 21.7 Å². The molecular formula is C31H29N3O2. The standard InChI is InChI=1S/C31H29N3O2/c1-2-30(35-23-25-15-7-3-8-16-25)29(33-34-32)24-36-31(26-17-9-4-10-18-26,27-19-11-5-12-20-27)28-21-13-6-14-22-28/h2-22,29-30H,1,23-24H2/t29-,30-/m0/s1. The SMILES string of the molecule is C=C[C@H](OCc1ccccc1)[C@H](COC(c1ccccc1)(c1ccccc1)c1ccccc1)N=[N+]=[N-]. The first-order valence-corrected chi connectivity index (χ1v) is 11.9. The van der Waals surface area contributed by atoms with Crippen molar-refractivity contribution in [3.8, 4) is 0 Å². The summed E-state index contributed by atoms with van der Waals surface area (Å²) in [4.78, 5) is 3.10. The number of hydrogen-bond acceptors (Lipinski definition) is 3. The molecule has 0 aliphatic carbocycles. The molecule has 0 saturated heterocycles. The molecule has 5 nitrogen and oxygen atoms in total. The number of nitrogens with zero attached hydrogens (tertiary/aromatic N) is 3. The van der Waals surface area contributed by atoms with Gasteiger partial charge in [0.05, 0.1) is 25.4 Å². The van der Waals surface area contributed by atoms with Gasteiger partial charge in [0.1, 0.15) is 5.60 Å². The van der Waals surface area contributed by atoms with Gasteiger partial charge in [-0.3, -0.25) is 0 Å². The summed E-state index contributed by atoms with van der Waals surface area (Å²) < 4.78 is 13.0. The molecule has 180 valence electrons. The lowest BCUT2D eigenvalue weighted by atomic mass is 9.80. The average molecular weight is 476 g/mol. The maximum atomic E-state index is 9.36. The minimum Gasteiger partial charge on any atom is -0.369 e. The molecule has 0 bridgehead atoms. The summed E-state index contributed by atoms with van der Waals surface area (Å²) in [6.45, 7) is 4.42. The third-order valence-electron chi connectivity index (χ3n) is 6.11. The molecule has 0 spiro atoms. The van der Waals surface area contributed by atoms with Crippen LogP contribution in [0.4, 0.5) is 0 Å². The molecule has 36 heavy (non-hydrogen) atoms. The number of ether oxygens (including phenoxy) is 2. The van der Waals surface area contributed by atoms with Crippen LogP contribution in [0.3, 0.4) is 0 Å². The van der Waals surface area contributed by atoms with E-state index >= 15 is 0 Å². The predicted molar refractivity (Wildman–Crippen MR) is 143 cm³/mol. The van der Waals surface area contributed by atoms with Crippen molar-refractivity contribution in [1.82, 2.24) is 0 Å². The summed E-state index contributed by atoms with van der Waals surface area (Å²) in [5.74, 6) is 0. The summed E-state index contributed by atoms with van der Waals surface area (Å²) >= 11 is 0. The zero-order valence-electron chi connectivity index (χ0n) is 20.1. The van der Waals surface area contributed by atoms with Gasteiger partial charge in [-0.2, -0.15) is 0 Å². The van der Waals surface area contributed by atoms with Crippen molar-refractivity contribution >= 4 is 0 Å². The van der Waals surface area contributed by atoms with Crippen LogP contribution in [0.5, 0.6) is 0 Å². The number of hydrogen-bond donors (Lipinski definition) is 0. The number of rotatable bonds is 12. The molecular weight excluding hydrogens is 446 g/mol. The van der Waals surface area contributed by atoms with Gasteiger partial charge in [-0.15, -0.1) is 6.58 Å². The smallest absolute Gasteiger partial charge is 0.143 e. The highest BCUT2D eigenvalue weighted by molar-refractivity contribution is 5.47.